The minimum absolute atomic E-state index is 0.443. The average Bonchev–Trinajstić information content (AvgIpc) is 2.45. The molecule has 0 spiro atoms. The van der Waals surface area contributed by atoms with E-state index < -0.39 is 0 Å². The van der Waals surface area contributed by atoms with E-state index in [0.717, 1.165) is 23.4 Å². The molecule has 1 aromatic rings. The molecule has 2 unspecified atom stereocenters. The van der Waals surface area contributed by atoms with Gasteiger partial charge in [-0.25, -0.2) is 0 Å². The van der Waals surface area contributed by atoms with Crippen LogP contribution in [0.4, 0.5) is 0 Å². The van der Waals surface area contributed by atoms with Gasteiger partial charge in [-0.05, 0) is 65.2 Å². The molecule has 1 aliphatic rings. The Bertz CT molecular complexity index is 427. The fourth-order valence-corrected chi connectivity index (χ4v) is 3.94. The summed E-state index contributed by atoms with van der Waals surface area (Å²) in [6.07, 6.45) is 9.63. The topological polar surface area (TPSA) is 24.9 Å². The van der Waals surface area contributed by atoms with Crippen molar-refractivity contribution < 1.29 is 0 Å². The molecule has 1 fully saturated rings. The standard InChI is InChI=1S/C18H29BrN2/c1-4-11-20-17(12-15-9-8-14(19)13-21-15)16-7-5-6-10-18(16,2)3/h8-9,13,16-17,20H,4-7,10-12H2,1-3H3. The van der Waals surface area contributed by atoms with Gasteiger partial charge in [-0.15, -0.1) is 0 Å². The molecular formula is C18H29BrN2. The molecule has 1 saturated carbocycles. The van der Waals surface area contributed by atoms with E-state index in [1.807, 2.05) is 6.20 Å². The molecule has 0 bridgehead atoms. The van der Waals surface area contributed by atoms with Crippen LogP contribution in [-0.4, -0.2) is 17.6 Å². The third-order valence-corrected chi connectivity index (χ3v) is 5.42. The van der Waals surface area contributed by atoms with Crippen LogP contribution in [0.5, 0.6) is 0 Å². The van der Waals surface area contributed by atoms with Crippen LogP contribution in [0.25, 0.3) is 0 Å². The number of halogens is 1. The van der Waals surface area contributed by atoms with E-state index >= 15 is 0 Å². The second-order valence-corrected chi connectivity index (χ2v) is 7.99. The number of nitrogens with zero attached hydrogens (tertiary/aromatic N) is 1. The van der Waals surface area contributed by atoms with Gasteiger partial charge in [-0.3, -0.25) is 4.98 Å². The maximum absolute atomic E-state index is 4.58. The number of aromatic nitrogens is 1. The van der Waals surface area contributed by atoms with E-state index in [1.54, 1.807) is 0 Å². The molecule has 0 amide bonds. The van der Waals surface area contributed by atoms with Crippen molar-refractivity contribution in [2.24, 2.45) is 11.3 Å². The zero-order valence-electron chi connectivity index (χ0n) is 13.7. The Morgan fingerprint density at radius 2 is 2.19 bits per heavy atom. The van der Waals surface area contributed by atoms with Crippen molar-refractivity contribution in [1.82, 2.24) is 10.3 Å². The Balaban J connectivity index is 2.11. The summed E-state index contributed by atoms with van der Waals surface area (Å²) in [6.45, 7) is 8.25. The first kappa shape index (κ1) is 17.0. The van der Waals surface area contributed by atoms with E-state index in [4.69, 9.17) is 0 Å². The predicted molar refractivity (Wildman–Crippen MR) is 93.5 cm³/mol. The van der Waals surface area contributed by atoms with Gasteiger partial charge < -0.3 is 5.32 Å². The fraction of sp³-hybridized carbons (Fsp3) is 0.722. The van der Waals surface area contributed by atoms with E-state index in [2.05, 4.69) is 59.1 Å². The summed E-state index contributed by atoms with van der Waals surface area (Å²) in [5, 5.41) is 3.81. The van der Waals surface area contributed by atoms with Crippen LogP contribution < -0.4 is 5.32 Å². The van der Waals surface area contributed by atoms with Crippen molar-refractivity contribution in [2.45, 2.75) is 65.3 Å². The molecule has 1 heterocycles. The Labute approximate surface area is 138 Å². The van der Waals surface area contributed by atoms with Crippen molar-refractivity contribution in [3.05, 3.63) is 28.5 Å². The maximum Gasteiger partial charge on any atom is 0.0420 e. The van der Waals surface area contributed by atoms with Gasteiger partial charge >= 0.3 is 0 Å². The first-order valence-corrected chi connectivity index (χ1v) is 9.16. The number of pyridine rings is 1. The molecule has 1 aliphatic carbocycles. The number of hydrogen-bond acceptors (Lipinski definition) is 2. The molecule has 118 valence electrons. The van der Waals surface area contributed by atoms with Crippen molar-refractivity contribution in [3.8, 4) is 0 Å². The van der Waals surface area contributed by atoms with Crippen LogP contribution in [-0.2, 0) is 6.42 Å². The van der Waals surface area contributed by atoms with Crippen LogP contribution in [0.15, 0.2) is 22.8 Å². The summed E-state index contributed by atoms with van der Waals surface area (Å²) in [5.41, 5.74) is 1.65. The number of hydrogen-bond donors (Lipinski definition) is 1. The molecule has 3 heteroatoms. The van der Waals surface area contributed by atoms with Crippen LogP contribution in [0.2, 0.25) is 0 Å². The molecule has 2 nitrogen and oxygen atoms in total. The highest BCUT2D eigenvalue weighted by atomic mass is 79.9. The third kappa shape index (κ3) is 4.79. The van der Waals surface area contributed by atoms with Crippen LogP contribution in [0.3, 0.4) is 0 Å². The highest BCUT2D eigenvalue weighted by Crippen LogP contribution is 2.42. The lowest BCUT2D eigenvalue weighted by molar-refractivity contribution is 0.0977. The second-order valence-electron chi connectivity index (χ2n) is 7.07. The maximum atomic E-state index is 4.58. The molecule has 0 aliphatic heterocycles. The fourth-order valence-electron chi connectivity index (χ4n) is 3.71. The molecule has 21 heavy (non-hydrogen) atoms. The van der Waals surface area contributed by atoms with Gasteiger partial charge in [0.1, 0.15) is 0 Å². The van der Waals surface area contributed by atoms with Gasteiger partial charge in [-0.2, -0.15) is 0 Å². The minimum atomic E-state index is 0.443. The molecule has 0 radical (unpaired) electrons. The Morgan fingerprint density at radius 1 is 1.38 bits per heavy atom. The molecule has 2 atom stereocenters. The molecule has 1 N–H and O–H groups in total. The van der Waals surface area contributed by atoms with Crippen molar-refractivity contribution in [3.63, 3.8) is 0 Å². The number of nitrogens with one attached hydrogen (secondary N) is 1. The normalized spacial score (nSPS) is 23.0. The van der Waals surface area contributed by atoms with E-state index in [0.29, 0.717) is 11.5 Å². The molecule has 2 rings (SSSR count). The molecular weight excluding hydrogens is 324 g/mol. The lowest BCUT2D eigenvalue weighted by atomic mass is 9.65. The molecule has 0 saturated heterocycles. The van der Waals surface area contributed by atoms with E-state index in [1.165, 1.54) is 37.8 Å². The lowest BCUT2D eigenvalue weighted by Crippen LogP contribution is -2.46. The number of rotatable bonds is 6. The zero-order valence-corrected chi connectivity index (χ0v) is 15.2. The summed E-state index contributed by atoms with van der Waals surface area (Å²) >= 11 is 3.47. The van der Waals surface area contributed by atoms with Crippen LogP contribution in [0.1, 0.15) is 58.6 Å². The zero-order chi connectivity index (χ0) is 15.3. The van der Waals surface area contributed by atoms with Crippen molar-refractivity contribution >= 4 is 15.9 Å². The van der Waals surface area contributed by atoms with Gasteiger partial charge in [-0.1, -0.05) is 33.6 Å². The summed E-state index contributed by atoms with van der Waals surface area (Å²) in [5.74, 6) is 0.753. The van der Waals surface area contributed by atoms with E-state index in [9.17, 15) is 0 Å². The van der Waals surface area contributed by atoms with Gasteiger partial charge in [0.05, 0.1) is 0 Å². The van der Waals surface area contributed by atoms with Crippen LogP contribution in [0, 0.1) is 11.3 Å². The predicted octanol–water partition coefficient (Wildman–Crippen LogP) is 4.97. The summed E-state index contributed by atoms with van der Waals surface area (Å²) in [6, 6.07) is 4.81. The SMILES string of the molecule is CCCNC(Cc1ccc(Br)cn1)C1CCCCC1(C)C. The second kappa shape index (κ2) is 7.73. The summed E-state index contributed by atoms with van der Waals surface area (Å²) < 4.78 is 1.06. The molecule has 0 aromatic carbocycles. The average molecular weight is 353 g/mol. The van der Waals surface area contributed by atoms with Gasteiger partial charge in [0.25, 0.3) is 0 Å². The smallest absolute Gasteiger partial charge is 0.0420 e. The first-order valence-electron chi connectivity index (χ1n) is 8.37. The largest absolute Gasteiger partial charge is 0.313 e. The summed E-state index contributed by atoms with van der Waals surface area (Å²) in [4.78, 5) is 4.58. The van der Waals surface area contributed by atoms with Crippen molar-refractivity contribution in [2.75, 3.05) is 6.54 Å². The monoisotopic (exact) mass is 352 g/mol. The Hall–Kier alpha value is -0.410. The van der Waals surface area contributed by atoms with E-state index in [-0.39, 0.29) is 0 Å². The Morgan fingerprint density at radius 3 is 2.81 bits per heavy atom. The summed E-state index contributed by atoms with van der Waals surface area (Å²) in [7, 11) is 0. The Kier molecular flexibility index (Phi) is 6.24. The lowest BCUT2D eigenvalue weighted by Gasteiger charge is -2.43. The van der Waals surface area contributed by atoms with Gasteiger partial charge in [0.15, 0.2) is 0 Å². The minimum Gasteiger partial charge on any atom is -0.313 e. The van der Waals surface area contributed by atoms with Crippen LogP contribution >= 0.6 is 15.9 Å². The first-order chi connectivity index (χ1) is 10.0. The third-order valence-electron chi connectivity index (χ3n) is 4.95. The van der Waals surface area contributed by atoms with Gasteiger partial charge in [0, 0.05) is 28.8 Å². The molecule has 1 aromatic heterocycles. The highest BCUT2D eigenvalue weighted by Gasteiger charge is 2.37. The van der Waals surface area contributed by atoms with Crippen molar-refractivity contribution in [1.29, 1.82) is 0 Å². The quantitative estimate of drug-likeness (QED) is 0.781. The van der Waals surface area contributed by atoms with Gasteiger partial charge in [0.2, 0.25) is 0 Å². The highest BCUT2D eigenvalue weighted by molar-refractivity contribution is 9.10.